The monoisotopic (exact) mass is 668 g/mol. The van der Waals surface area contributed by atoms with Crippen molar-refractivity contribution >= 4 is 39.7 Å². The summed E-state index contributed by atoms with van der Waals surface area (Å²) in [5.74, 6) is -0.195. The van der Waals surface area contributed by atoms with Crippen molar-refractivity contribution in [1.29, 1.82) is 10.5 Å². The molecule has 0 saturated heterocycles. The molecule has 0 atom stereocenters. The van der Waals surface area contributed by atoms with E-state index in [0.717, 1.165) is 44.4 Å². The third kappa shape index (κ3) is 8.50. The third-order valence-corrected chi connectivity index (χ3v) is 8.49. The molecule has 0 aliphatic heterocycles. The molecule has 6 rings (SSSR count). The average Bonchev–Trinajstić information content (AvgIpc) is 3.17. The van der Waals surface area contributed by atoms with E-state index in [1.165, 1.54) is 0 Å². The number of nitrogens with two attached hydrogens (primary N) is 2. The zero-order valence-corrected chi connectivity index (χ0v) is 27.9. The molecular formula is C42H36N8O. The number of nitrogens with one attached hydrogen (secondary N) is 2. The molecule has 0 radical (unpaired) electrons. The van der Waals surface area contributed by atoms with Gasteiger partial charge in [-0.1, -0.05) is 66.7 Å². The van der Waals surface area contributed by atoms with Crippen LogP contribution in [-0.2, 0) is 13.1 Å². The predicted octanol–water partition coefficient (Wildman–Crippen LogP) is 7.39. The van der Waals surface area contributed by atoms with Gasteiger partial charge in [0.2, 0.25) is 0 Å². The van der Waals surface area contributed by atoms with Crippen LogP contribution in [0.15, 0.2) is 138 Å². The SMILES string of the molecule is N#Cc1ccc(CN(Cc2ccc(C#N)cc2)c2ccc(NC(=O)c3ccc(NCCN=C(N)N)c(-c4cccc5ccccc45)c3)cc2)cc1. The summed E-state index contributed by atoms with van der Waals surface area (Å²) in [4.78, 5) is 20.0. The van der Waals surface area contributed by atoms with Gasteiger partial charge in [0, 0.05) is 47.8 Å². The molecule has 0 aliphatic carbocycles. The van der Waals surface area contributed by atoms with Crippen molar-refractivity contribution < 1.29 is 4.79 Å². The van der Waals surface area contributed by atoms with Crippen LogP contribution in [0.25, 0.3) is 21.9 Å². The van der Waals surface area contributed by atoms with Crippen LogP contribution in [0.3, 0.4) is 0 Å². The molecule has 0 aromatic heterocycles. The van der Waals surface area contributed by atoms with Gasteiger partial charge in [-0.2, -0.15) is 10.5 Å². The van der Waals surface area contributed by atoms with Crippen molar-refractivity contribution in [3.8, 4) is 23.3 Å². The van der Waals surface area contributed by atoms with Crippen LogP contribution in [0.2, 0.25) is 0 Å². The zero-order valence-electron chi connectivity index (χ0n) is 27.9. The highest BCUT2D eigenvalue weighted by molar-refractivity contribution is 6.07. The summed E-state index contributed by atoms with van der Waals surface area (Å²) in [6, 6.07) is 47.1. The number of benzene rings is 6. The fourth-order valence-corrected chi connectivity index (χ4v) is 5.91. The molecule has 250 valence electrons. The minimum absolute atomic E-state index is 0.0384. The highest BCUT2D eigenvalue weighted by Gasteiger charge is 2.15. The standard InChI is InChI=1S/C42H36N8O/c43-25-29-8-12-31(13-9-29)27-50(28-32-14-10-30(26-44)11-15-32)36-19-17-35(18-20-36)49-41(51)34-16-21-40(47-22-23-48-42(45)46)39(24-34)38-7-3-5-33-4-1-2-6-37(33)38/h1-21,24,47H,22-23,27-28H2,(H,49,51)(H4,45,46,48). The molecule has 0 saturated carbocycles. The topological polar surface area (TPSA) is 156 Å². The Labute approximate surface area is 297 Å². The zero-order chi connectivity index (χ0) is 35.6. The highest BCUT2D eigenvalue weighted by Crippen LogP contribution is 2.35. The molecule has 0 fully saturated rings. The molecule has 51 heavy (non-hydrogen) atoms. The molecule has 6 aromatic carbocycles. The molecule has 6 N–H and O–H groups in total. The lowest BCUT2D eigenvalue weighted by atomic mass is 9.95. The van der Waals surface area contributed by atoms with E-state index in [-0.39, 0.29) is 11.9 Å². The van der Waals surface area contributed by atoms with Crippen LogP contribution in [0, 0.1) is 22.7 Å². The summed E-state index contributed by atoms with van der Waals surface area (Å²) >= 11 is 0. The molecule has 1 amide bonds. The summed E-state index contributed by atoms with van der Waals surface area (Å²) in [6.45, 7) is 2.12. The van der Waals surface area contributed by atoms with E-state index in [0.29, 0.717) is 48.6 Å². The first-order valence-electron chi connectivity index (χ1n) is 16.5. The highest BCUT2D eigenvalue weighted by atomic mass is 16.1. The first-order valence-corrected chi connectivity index (χ1v) is 16.5. The van der Waals surface area contributed by atoms with E-state index < -0.39 is 0 Å². The van der Waals surface area contributed by atoms with Crippen LogP contribution in [-0.4, -0.2) is 25.0 Å². The summed E-state index contributed by atoms with van der Waals surface area (Å²) in [5, 5.41) is 27.1. The minimum atomic E-state index is -0.233. The van der Waals surface area contributed by atoms with Gasteiger partial charge in [0.15, 0.2) is 5.96 Å². The van der Waals surface area contributed by atoms with Gasteiger partial charge in [0.25, 0.3) is 5.91 Å². The van der Waals surface area contributed by atoms with E-state index in [2.05, 4.69) is 56.9 Å². The van der Waals surface area contributed by atoms with Crippen molar-refractivity contribution in [3.63, 3.8) is 0 Å². The normalized spacial score (nSPS) is 10.5. The molecule has 0 bridgehead atoms. The van der Waals surface area contributed by atoms with Crippen molar-refractivity contribution in [2.45, 2.75) is 13.1 Å². The van der Waals surface area contributed by atoms with E-state index in [9.17, 15) is 15.3 Å². The quantitative estimate of drug-likeness (QED) is 0.0602. The molecule has 0 unspecified atom stereocenters. The number of rotatable bonds is 12. The van der Waals surface area contributed by atoms with E-state index in [4.69, 9.17) is 11.5 Å². The van der Waals surface area contributed by atoms with Gasteiger partial charge < -0.3 is 27.0 Å². The van der Waals surface area contributed by atoms with E-state index in [1.54, 1.807) is 6.07 Å². The molecule has 9 nitrogen and oxygen atoms in total. The predicted molar refractivity (Wildman–Crippen MR) is 205 cm³/mol. The lowest BCUT2D eigenvalue weighted by Crippen LogP contribution is -2.24. The van der Waals surface area contributed by atoms with Gasteiger partial charge in [-0.05, 0) is 94.2 Å². The number of fused-ring (bicyclic) bond motifs is 1. The first kappa shape index (κ1) is 33.8. The number of nitriles is 2. The van der Waals surface area contributed by atoms with Crippen molar-refractivity contribution in [2.75, 3.05) is 28.6 Å². The number of anilines is 3. The van der Waals surface area contributed by atoms with Crippen molar-refractivity contribution in [1.82, 2.24) is 0 Å². The molecule has 0 spiro atoms. The van der Waals surface area contributed by atoms with Crippen LogP contribution in [0.1, 0.15) is 32.6 Å². The van der Waals surface area contributed by atoms with E-state index in [1.807, 2.05) is 103 Å². The second-order valence-corrected chi connectivity index (χ2v) is 12.0. The maximum Gasteiger partial charge on any atom is 0.255 e. The maximum atomic E-state index is 13.7. The molecule has 9 heteroatoms. The summed E-state index contributed by atoms with van der Waals surface area (Å²) in [7, 11) is 0. The smallest absolute Gasteiger partial charge is 0.255 e. The Kier molecular flexibility index (Phi) is 10.5. The molecule has 0 aliphatic rings. The fourth-order valence-electron chi connectivity index (χ4n) is 5.91. The second kappa shape index (κ2) is 15.9. The Hall–Kier alpha value is -7.10. The number of hydrogen-bond donors (Lipinski definition) is 4. The summed E-state index contributed by atoms with van der Waals surface area (Å²) in [5.41, 5.74) is 19.2. The van der Waals surface area contributed by atoms with Gasteiger partial charge in [0.1, 0.15) is 0 Å². The van der Waals surface area contributed by atoms with Gasteiger partial charge in [-0.3, -0.25) is 9.79 Å². The van der Waals surface area contributed by atoms with Crippen LogP contribution in [0.4, 0.5) is 17.1 Å². The Morgan fingerprint density at radius 2 is 1.33 bits per heavy atom. The number of amides is 1. The number of guanidine groups is 1. The summed E-state index contributed by atoms with van der Waals surface area (Å²) < 4.78 is 0. The Morgan fingerprint density at radius 1 is 0.706 bits per heavy atom. The largest absolute Gasteiger partial charge is 0.383 e. The maximum absolute atomic E-state index is 13.7. The Bertz CT molecular complexity index is 2200. The minimum Gasteiger partial charge on any atom is -0.383 e. The first-order chi connectivity index (χ1) is 24.9. The number of hydrogen-bond acceptors (Lipinski definition) is 6. The Morgan fingerprint density at radius 3 is 1.96 bits per heavy atom. The number of nitrogens with zero attached hydrogens (tertiary/aromatic N) is 4. The van der Waals surface area contributed by atoms with Crippen molar-refractivity contribution in [2.24, 2.45) is 16.5 Å². The van der Waals surface area contributed by atoms with Crippen LogP contribution >= 0.6 is 0 Å². The Balaban J connectivity index is 1.24. The fraction of sp³-hybridized carbons (Fsp3) is 0.0952. The molecule has 0 heterocycles. The van der Waals surface area contributed by atoms with Crippen LogP contribution < -0.4 is 27.0 Å². The molecular weight excluding hydrogens is 633 g/mol. The van der Waals surface area contributed by atoms with Gasteiger partial charge in [-0.15, -0.1) is 0 Å². The number of carbonyl (C=O) groups is 1. The van der Waals surface area contributed by atoms with Gasteiger partial charge in [0.05, 0.1) is 29.8 Å². The molecule has 6 aromatic rings. The second-order valence-electron chi connectivity index (χ2n) is 12.0. The number of carbonyl (C=O) groups excluding carboxylic acids is 1. The lowest BCUT2D eigenvalue weighted by Gasteiger charge is -2.26. The van der Waals surface area contributed by atoms with Gasteiger partial charge >= 0.3 is 0 Å². The van der Waals surface area contributed by atoms with Crippen LogP contribution in [0.5, 0.6) is 0 Å². The average molecular weight is 669 g/mol. The third-order valence-electron chi connectivity index (χ3n) is 8.49. The number of aliphatic imine (C=N–C) groups is 1. The van der Waals surface area contributed by atoms with Gasteiger partial charge in [-0.25, -0.2) is 0 Å². The lowest BCUT2D eigenvalue weighted by molar-refractivity contribution is 0.102. The van der Waals surface area contributed by atoms with Crippen molar-refractivity contribution in [3.05, 3.63) is 161 Å². The van der Waals surface area contributed by atoms with E-state index >= 15 is 0 Å². The summed E-state index contributed by atoms with van der Waals surface area (Å²) in [6.07, 6.45) is 0.